The molecule has 1 atom stereocenters. The predicted molar refractivity (Wildman–Crippen MR) is 123 cm³/mol. The Morgan fingerprint density at radius 1 is 0.967 bits per heavy atom. The largest absolute Gasteiger partial charge is 0.351 e. The van der Waals surface area contributed by atoms with E-state index in [4.69, 9.17) is 0 Å². The van der Waals surface area contributed by atoms with E-state index in [9.17, 15) is 14.4 Å². The minimum Gasteiger partial charge on any atom is -0.351 e. The maximum absolute atomic E-state index is 13.3. The van der Waals surface area contributed by atoms with Crippen LogP contribution in [0.25, 0.3) is 0 Å². The lowest BCUT2D eigenvalue weighted by molar-refractivity contribution is -0.149. The highest BCUT2D eigenvalue weighted by molar-refractivity contribution is 6.04. The first-order valence-corrected chi connectivity index (χ1v) is 11.4. The molecule has 1 saturated heterocycles. The summed E-state index contributed by atoms with van der Waals surface area (Å²) in [5.74, 6) is 0.102. The Balaban J connectivity index is 2.97. The summed E-state index contributed by atoms with van der Waals surface area (Å²) < 4.78 is 0. The number of rotatable bonds is 9. The number of likely N-dealkylation sites (tertiary alicyclic amines) is 1. The second-order valence-electron chi connectivity index (χ2n) is 12.7. The zero-order chi connectivity index (χ0) is 23.9. The van der Waals surface area contributed by atoms with E-state index in [0.29, 0.717) is 12.3 Å². The number of nitrogens with one attached hydrogen (secondary N) is 1. The molecule has 5 nitrogen and oxygen atoms in total. The van der Waals surface area contributed by atoms with Gasteiger partial charge in [0.15, 0.2) is 0 Å². The van der Waals surface area contributed by atoms with Crippen molar-refractivity contribution in [3.63, 3.8) is 0 Å². The van der Waals surface area contributed by atoms with Crippen molar-refractivity contribution in [2.24, 2.45) is 28.6 Å². The number of carbonyl (C=O) groups is 3. The van der Waals surface area contributed by atoms with E-state index in [0.717, 1.165) is 6.42 Å². The summed E-state index contributed by atoms with van der Waals surface area (Å²) in [5, 5.41) is 3.24. The van der Waals surface area contributed by atoms with Gasteiger partial charge in [-0.2, -0.15) is 0 Å². The highest BCUT2D eigenvalue weighted by Crippen LogP contribution is 2.39. The summed E-state index contributed by atoms with van der Waals surface area (Å²) in [6, 6.07) is 0. The molecule has 0 aromatic rings. The molecule has 1 aliphatic rings. The molecule has 0 aromatic carbocycles. The van der Waals surface area contributed by atoms with Crippen LogP contribution in [0.2, 0.25) is 0 Å². The van der Waals surface area contributed by atoms with Crippen LogP contribution in [0.4, 0.5) is 0 Å². The van der Waals surface area contributed by atoms with E-state index in [2.05, 4.69) is 46.9 Å². The summed E-state index contributed by atoms with van der Waals surface area (Å²) in [6.45, 7) is 24.6. The standard InChI is InChI=1S/C25H46N2O3/c1-16(2)18-13-19(28)27(20(18)29)25(11,12)15-23(7,8)21(30)26-24(9,10)14-22(5,6)17(3)4/h16-18H,13-15H2,1-12H3,(H,26,30). The normalized spacial score (nSPS) is 19.3. The molecule has 0 aliphatic carbocycles. The number of nitrogens with zero attached hydrogens (tertiary/aromatic N) is 1. The van der Waals surface area contributed by atoms with Crippen LogP contribution in [0, 0.1) is 28.6 Å². The molecule has 0 aromatic heterocycles. The summed E-state index contributed by atoms with van der Waals surface area (Å²) in [5.41, 5.74) is -1.70. The number of carbonyl (C=O) groups excluding carboxylic acids is 3. The molecule has 0 spiro atoms. The Bertz CT molecular complexity index is 672. The molecule has 0 radical (unpaired) electrons. The van der Waals surface area contributed by atoms with Crippen molar-refractivity contribution in [1.29, 1.82) is 0 Å². The van der Waals surface area contributed by atoms with Crippen molar-refractivity contribution < 1.29 is 14.4 Å². The lowest BCUT2D eigenvalue weighted by Gasteiger charge is -2.43. The van der Waals surface area contributed by atoms with Gasteiger partial charge in [-0.1, -0.05) is 55.4 Å². The number of amides is 3. The lowest BCUT2D eigenvalue weighted by Crippen LogP contribution is -2.55. The Hall–Kier alpha value is -1.39. The SMILES string of the molecule is CC(C)C1CC(=O)N(C(C)(C)CC(C)(C)C(=O)NC(C)(C)CC(C)(C)C(C)C)C1=O. The highest BCUT2D eigenvalue weighted by atomic mass is 16.2. The quantitative estimate of drug-likeness (QED) is 0.521. The molecule has 0 saturated carbocycles. The van der Waals surface area contributed by atoms with E-state index in [1.165, 1.54) is 4.90 Å². The van der Waals surface area contributed by atoms with Gasteiger partial charge in [0.05, 0.1) is 0 Å². The molecule has 1 heterocycles. The van der Waals surface area contributed by atoms with Gasteiger partial charge in [0.1, 0.15) is 0 Å². The maximum Gasteiger partial charge on any atom is 0.233 e. The highest BCUT2D eigenvalue weighted by Gasteiger charge is 2.49. The molecule has 30 heavy (non-hydrogen) atoms. The Morgan fingerprint density at radius 2 is 1.47 bits per heavy atom. The first kappa shape index (κ1) is 26.6. The second-order valence-corrected chi connectivity index (χ2v) is 12.7. The van der Waals surface area contributed by atoms with Crippen molar-refractivity contribution in [3.05, 3.63) is 0 Å². The fourth-order valence-electron chi connectivity index (χ4n) is 4.92. The van der Waals surface area contributed by atoms with Gasteiger partial charge in [0.25, 0.3) is 0 Å². The average molecular weight is 423 g/mol. The van der Waals surface area contributed by atoms with Crippen molar-refractivity contribution >= 4 is 17.7 Å². The topological polar surface area (TPSA) is 66.5 Å². The molecule has 1 fully saturated rings. The minimum atomic E-state index is -0.723. The monoisotopic (exact) mass is 422 g/mol. The minimum absolute atomic E-state index is 0.0420. The fraction of sp³-hybridized carbons (Fsp3) is 0.880. The summed E-state index contributed by atoms with van der Waals surface area (Å²) in [4.78, 5) is 40.3. The molecule has 3 amide bonds. The maximum atomic E-state index is 13.3. The van der Waals surface area contributed by atoms with Gasteiger partial charge in [0.2, 0.25) is 17.7 Å². The van der Waals surface area contributed by atoms with Crippen molar-refractivity contribution in [2.45, 2.75) is 113 Å². The van der Waals surface area contributed by atoms with E-state index in [1.807, 2.05) is 41.5 Å². The Kier molecular flexibility index (Phi) is 7.66. The summed E-state index contributed by atoms with van der Waals surface area (Å²) >= 11 is 0. The molecular formula is C25H46N2O3. The zero-order valence-electron chi connectivity index (χ0n) is 21.5. The van der Waals surface area contributed by atoms with E-state index in [-0.39, 0.29) is 46.9 Å². The smallest absolute Gasteiger partial charge is 0.233 e. The average Bonchev–Trinajstić information content (AvgIpc) is 2.79. The first-order chi connectivity index (χ1) is 13.2. The molecular weight excluding hydrogens is 376 g/mol. The van der Waals surface area contributed by atoms with Crippen LogP contribution in [0.1, 0.15) is 102 Å². The van der Waals surface area contributed by atoms with Crippen LogP contribution in [-0.2, 0) is 14.4 Å². The third-order valence-corrected chi connectivity index (χ3v) is 6.99. The Morgan fingerprint density at radius 3 is 1.87 bits per heavy atom. The summed E-state index contributed by atoms with van der Waals surface area (Å²) in [7, 11) is 0. The van der Waals surface area contributed by atoms with Gasteiger partial charge in [-0.05, 0) is 57.8 Å². The van der Waals surface area contributed by atoms with E-state index < -0.39 is 11.0 Å². The molecule has 1 N–H and O–H groups in total. The molecule has 5 heteroatoms. The second kappa shape index (κ2) is 8.63. The molecule has 1 rings (SSSR count). The molecule has 174 valence electrons. The van der Waals surface area contributed by atoms with Gasteiger partial charge < -0.3 is 5.32 Å². The lowest BCUT2D eigenvalue weighted by atomic mass is 9.72. The number of hydrogen-bond acceptors (Lipinski definition) is 3. The molecule has 1 unspecified atom stereocenters. The van der Waals surface area contributed by atoms with E-state index in [1.54, 1.807) is 0 Å². The number of hydrogen-bond donors (Lipinski definition) is 1. The van der Waals surface area contributed by atoms with E-state index >= 15 is 0 Å². The van der Waals surface area contributed by atoms with Gasteiger partial charge in [-0.15, -0.1) is 0 Å². The van der Waals surface area contributed by atoms with Crippen LogP contribution in [0.3, 0.4) is 0 Å². The van der Waals surface area contributed by atoms with Gasteiger partial charge in [0, 0.05) is 28.8 Å². The number of imide groups is 1. The molecule has 0 bridgehead atoms. The first-order valence-electron chi connectivity index (χ1n) is 11.4. The van der Waals surface area contributed by atoms with Crippen LogP contribution >= 0.6 is 0 Å². The molecule has 1 aliphatic heterocycles. The summed E-state index contributed by atoms with van der Waals surface area (Å²) in [6.07, 6.45) is 1.55. The van der Waals surface area contributed by atoms with Gasteiger partial charge in [-0.3, -0.25) is 19.3 Å². The van der Waals surface area contributed by atoms with Crippen LogP contribution in [-0.4, -0.2) is 33.7 Å². The van der Waals surface area contributed by atoms with Crippen LogP contribution in [0.15, 0.2) is 0 Å². The van der Waals surface area contributed by atoms with Crippen molar-refractivity contribution in [1.82, 2.24) is 10.2 Å². The van der Waals surface area contributed by atoms with Gasteiger partial charge >= 0.3 is 0 Å². The third-order valence-electron chi connectivity index (χ3n) is 6.99. The van der Waals surface area contributed by atoms with Crippen molar-refractivity contribution in [2.75, 3.05) is 0 Å². The zero-order valence-corrected chi connectivity index (χ0v) is 21.5. The van der Waals surface area contributed by atoms with Crippen molar-refractivity contribution in [3.8, 4) is 0 Å². The van der Waals surface area contributed by atoms with Crippen LogP contribution < -0.4 is 5.32 Å². The third kappa shape index (κ3) is 6.07. The van der Waals surface area contributed by atoms with Crippen LogP contribution in [0.5, 0.6) is 0 Å². The van der Waals surface area contributed by atoms with Gasteiger partial charge in [-0.25, -0.2) is 0 Å². The Labute approximate surface area is 184 Å². The predicted octanol–water partition coefficient (Wildman–Crippen LogP) is 5.18. The fourth-order valence-corrected chi connectivity index (χ4v) is 4.92.